The number of nitrogens with zero attached hydrogens (tertiary/aromatic N) is 3. The van der Waals surface area contributed by atoms with Gasteiger partial charge >= 0.3 is 0 Å². The van der Waals surface area contributed by atoms with E-state index in [1.807, 2.05) is 17.0 Å². The molecule has 0 atom stereocenters. The summed E-state index contributed by atoms with van der Waals surface area (Å²) in [6.07, 6.45) is 1.97. The third-order valence-electron chi connectivity index (χ3n) is 4.01. The Hall–Kier alpha value is -2.17. The Kier molecular flexibility index (Phi) is 3.26. The smallest absolute Gasteiger partial charge is 0.231 e. The van der Waals surface area contributed by atoms with E-state index in [1.54, 1.807) is 13.0 Å². The number of fused-ring (bicyclic) bond motifs is 1. The lowest BCUT2D eigenvalue weighted by molar-refractivity contribution is -0.129. The SMILES string of the molecule is CC(=O)N1CCC(c2ccc3cc(O)nnc3c2)CC1. The van der Waals surface area contributed by atoms with Crippen molar-refractivity contribution in [3.63, 3.8) is 0 Å². The number of carbonyl (C=O) groups is 1. The van der Waals surface area contributed by atoms with Gasteiger partial charge in [-0.3, -0.25) is 4.79 Å². The van der Waals surface area contributed by atoms with Gasteiger partial charge in [0.25, 0.3) is 0 Å². The number of aromatic hydroxyl groups is 1. The number of aromatic nitrogens is 2. The van der Waals surface area contributed by atoms with Crippen LogP contribution >= 0.6 is 0 Å². The summed E-state index contributed by atoms with van der Waals surface area (Å²) in [5.74, 6) is 0.564. The highest BCUT2D eigenvalue weighted by molar-refractivity contribution is 5.79. The van der Waals surface area contributed by atoms with Gasteiger partial charge in [-0.2, -0.15) is 0 Å². The fourth-order valence-electron chi connectivity index (χ4n) is 2.82. The average molecular weight is 271 g/mol. The predicted molar refractivity (Wildman–Crippen MR) is 75.4 cm³/mol. The maximum absolute atomic E-state index is 11.3. The first-order valence-electron chi connectivity index (χ1n) is 6.85. The zero-order valence-electron chi connectivity index (χ0n) is 11.4. The van der Waals surface area contributed by atoms with E-state index in [2.05, 4.69) is 16.3 Å². The van der Waals surface area contributed by atoms with Crippen LogP contribution in [0.25, 0.3) is 10.9 Å². The van der Waals surface area contributed by atoms with E-state index in [9.17, 15) is 9.90 Å². The molecule has 1 fully saturated rings. The summed E-state index contributed by atoms with van der Waals surface area (Å²) in [5, 5.41) is 17.9. The van der Waals surface area contributed by atoms with E-state index in [0.29, 0.717) is 5.92 Å². The lowest BCUT2D eigenvalue weighted by Crippen LogP contribution is -2.36. The summed E-state index contributed by atoms with van der Waals surface area (Å²) < 4.78 is 0. The molecule has 104 valence electrons. The highest BCUT2D eigenvalue weighted by Gasteiger charge is 2.22. The lowest BCUT2D eigenvalue weighted by Gasteiger charge is -2.31. The van der Waals surface area contributed by atoms with Crippen LogP contribution in [0.5, 0.6) is 5.88 Å². The van der Waals surface area contributed by atoms with E-state index < -0.39 is 0 Å². The summed E-state index contributed by atoms with van der Waals surface area (Å²) >= 11 is 0. The minimum Gasteiger partial charge on any atom is -0.492 e. The number of piperidine rings is 1. The second-order valence-electron chi connectivity index (χ2n) is 5.30. The van der Waals surface area contributed by atoms with E-state index in [4.69, 9.17) is 0 Å². The highest BCUT2D eigenvalue weighted by atomic mass is 16.3. The van der Waals surface area contributed by atoms with Crippen LogP contribution in [0, 0.1) is 0 Å². The number of hydrogen-bond donors (Lipinski definition) is 1. The van der Waals surface area contributed by atoms with Crippen LogP contribution in [0.4, 0.5) is 0 Å². The van der Waals surface area contributed by atoms with Crippen LogP contribution < -0.4 is 0 Å². The van der Waals surface area contributed by atoms with E-state index in [-0.39, 0.29) is 11.8 Å². The Balaban J connectivity index is 1.81. The van der Waals surface area contributed by atoms with Crippen molar-refractivity contribution in [3.8, 4) is 5.88 Å². The second-order valence-corrected chi connectivity index (χ2v) is 5.30. The minimum atomic E-state index is -0.0555. The Morgan fingerprint density at radius 1 is 1.25 bits per heavy atom. The molecule has 2 heterocycles. The van der Waals surface area contributed by atoms with Gasteiger partial charge in [0.05, 0.1) is 5.52 Å². The molecule has 3 rings (SSSR count). The maximum Gasteiger partial charge on any atom is 0.231 e. The van der Waals surface area contributed by atoms with Crippen LogP contribution in [0.2, 0.25) is 0 Å². The summed E-state index contributed by atoms with van der Waals surface area (Å²) in [6, 6.07) is 7.70. The average Bonchev–Trinajstić information content (AvgIpc) is 2.47. The second kappa shape index (κ2) is 5.07. The predicted octanol–water partition coefficient (Wildman–Crippen LogP) is 2.06. The van der Waals surface area contributed by atoms with Crippen molar-refractivity contribution in [2.75, 3.05) is 13.1 Å². The number of carbonyl (C=O) groups excluding carboxylic acids is 1. The number of likely N-dealkylation sites (tertiary alicyclic amines) is 1. The van der Waals surface area contributed by atoms with Gasteiger partial charge in [-0.25, -0.2) is 0 Å². The first-order valence-corrected chi connectivity index (χ1v) is 6.85. The van der Waals surface area contributed by atoms with Crippen LogP contribution in [-0.4, -0.2) is 39.2 Å². The molecule has 1 aliphatic heterocycles. The fourth-order valence-corrected chi connectivity index (χ4v) is 2.82. The number of amides is 1. The lowest BCUT2D eigenvalue weighted by atomic mass is 9.89. The molecule has 0 radical (unpaired) electrons. The summed E-state index contributed by atoms with van der Waals surface area (Å²) in [6.45, 7) is 3.26. The first kappa shape index (κ1) is 12.8. The van der Waals surface area contributed by atoms with Gasteiger partial charge in [0.1, 0.15) is 0 Å². The quantitative estimate of drug-likeness (QED) is 0.862. The Morgan fingerprint density at radius 2 is 2.00 bits per heavy atom. The van der Waals surface area contributed by atoms with Crippen molar-refractivity contribution in [1.82, 2.24) is 15.1 Å². The molecule has 2 aromatic rings. The Bertz CT molecular complexity index is 649. The van der Waals surface area contributed by atoms with Crippen molar-refractivity contribution in [2.24, 2.45) is 0 Å². The Labute approximate surface area is 117 Å². The molecule has 0 saturated carbocycles. The van der Waals surface area contributed by atoms with Crippen LogP contribution in [0.3, 0.4) is 0 Å². The molecule has 1 saturated heterocycles. The first-order chi connectivity index (χ1) is 9.63. The van der Waals surface area contributed by atoms with Gasteiger partial charge in [0.15, 0.2) is 0 Å². The maximum atomic E-state index is 11.3. The molecule has 5 nitrogen and oxygen atoms in total. The van der Waals surface area contributed by atoms with E-state index in [0.717, 1.165) is 36.8 Å². The summed E-state index contributed by atoms with van der Waals surface area (Å²) in [5.41, 5.74) is 2.04. The number of hydrogen-bond acceptors (Lipinski definition) is 4. The summed E-state index contributed by atoms with van der Waals surface area (Å²) in [7, 11) is 0. The van der Waals surface area contributed by atoms with Gasteiger partial charge in [-0.05, 0) is 30.4 Å². The molecular weight excluding hydrogens is 254 g/mol. The van der Waals surface area contributed by atoms with Gasteiger partial charge < -0.3 is 10.0 Å². The van der Waals surface area contributed by atoms with Gasteiger partial charge in [-0.15, -0.1) is 10.2 Å². The molecule has 0 spiro atoms. The summed E-state index contributed by atoms with van der Waals surface area (Å²) in [4.78, 5) is 13.2. The fraction of sp³-hybridized carbons (Fsp3) is 0.400. The standard InChI is InChI=1S/C15H17N3O2/c1-10(19)18-6-4-11(5-7-18)12-2-3-13-9-15(20)17-16-14(13)8-12/h2-3,8-9,11H,4-7H2,1H3,(H,17,20). The molecule has 1 amide bonds. The molecule has 1 aliphatic rings. The van der Waals surface area contributed by atoms with Gasteiger partial charge in [0, 0.05) is 31.5 Å². The van der Waals surface area contributed by atoms with Gasteiger partial charge in [-0.1, -0.05) is 12.1 Å². The largest absolute Gasteiger partial charge is 0.492 e. The third-order valence-corrected chi connectivity index (χ3v) is 4.01. The van der Waals surface area contributed by atoms with E-state index in [1.165, 1.54) is 5.56 Å². The zero-order valence-corrected chi connectivity index (χ0v) is 11.4. The van der Waals surface area contributed by atoms with Crippen molar-refractivity contribution < 1.29 is 9.90 Å². The minimum absolute atomic E-state index is 0.0555. The van der Waals surface area contributed by atoms with Crippen molar-refractivity contribution >= 4 is 16.8 Å². The number of rotatable bonds is 1. The van der Waals surface area contributed by atoms with Crippen LogP contribution in [0.1, 0.15) is 31.2 Å². The number of benzene rings is 1. The Morgan fingerprint density at radius 3 is 2.70 bits per heavy atom. The normalized spacial score (nSPS) is 16.6. The molecule has 1 N–H and O–H groups in total. The molecule has 0 bridgehead atoms. The highest BCUT2D eigenvalue weighted by Crippen LogP contribution is 2.30. The van der Waals surface area contributed by atoms with Crippen molar-refractivity contribution in [1.29, 1.82) is 0 Å². The van der Waals surface area contributed by atoms with Crippen molar-refractivity contribution in [3.05, 3.63) is 29.8 Å². The molecule has 0 unspecified atom stereocenters. The topological polar surface area (TPSA) is 66.3 Å². The molecule has 20 heavy (non-hydrogen) atoms. The zero-order chi connectivity index (χ0) is 14.1. The van der Waals surface area contributed by atoms with Crippen LogP contribution in [0.15, 0.2) is 24.3 Å². The monoisotopic (exact) mass is 271 g/mol. The van der Waals surface area contributed by atoms with Crippen molar-refractivity contribution in [2.45, 2.75) is 25.7 Å². The molecule has 1 aromatic heterocycles. The van der Waals surface area contributed by atoms with Crippen LogP contribution in [-0.2, 0) is 4.79 Å². The third kappa shape index (κ3) is 2.43. The molecule has 1 aromatic carbocycles. The molecular formula is C15H17N3O2. The molecule has 0 aliphatic carbocycles. The van der Waals surface area contributed by atoms with Gasteiger partial charge in [0.2, 0.25) is 11.8 Å². The molecule has 5 heteroatoms. The van der Waals surface area contributed by atoms with E-state index >= 15 is 0 Å².